The van der Waals surface area contributed by atoms with Gasteiger partial charge in [-0.25, -0.2) is 0 Å². The summed E-state index contributed by atoms with van der Waals surface area (Å²) in [5.74, 6) is 0. The first kappa shape index (κ1) is 15.8. The molecule has 0 spiro atoms. The summed E-state index contributed by atoms with van der Waals surface area (Å²) >= 11 is 0. The molecule has 0 aliphatic rings. The lowest BCUT2D eigenvalue weighted by Crippen LogP contribution is -1.83. The molecule has 0 bridgehead atoms. The van der Waals surface area contributed by atoms with E-state index in [0.29, 0.717) is 0 Å². The molecule has 0 heterocycles. The van der Waals surface area contributed by atoms with E-state index in [9.17, 15) is 0 Å². The van der Waals surface area contributed by atoms with Crippen LogP contribution in [0.15, 0.2) is 30.3 Å². The summed E-state index contributed by atoms with van der Waals surface area (Å²) in [6, 6.07) is 8.45. The van der Waals surface area contributed by atoms with Crippen molar-refractivity contribution in [1.29, 1.82) is 0 Å². The molecule has 0 saturated heterocycles. The normalized spacial score (nSPS) is 9.64. The SMILES string of the molecule is C/C=C(/C)c1ccccc1C.CC.S. The monoisotopic (exact) mass is 210 g/mol. The lowest BCUT2D eigenvalue weighted by molar-refractivity contribution is 1.40. The predicted molar refractivity (Wildman–Crippen MR) is 72.2 cm³/mol. The minimum atomic E-state index is 0. The van der Waals surface area contributed by atoms with Crippen molar-refractivity contribution in [3.8, 4) is 0 Å². The van der Waals surface area contributed by atoms with Gasteiger partial charge < -0.3 is 0 Å². The molecule has 0 fully saturated rings. The van der Waals surface area contributed by atoms with Crippen LogP contribution < -0.4 is 0 Å². The summed E-state index contributed by atoms with van der Waals surface area (Å²) in [5, 5.41) is 0. The molecule has 0 amide bonds. The third-order valence-corrected chi connectivity index (χ3v) is 2.00. The summed E-state index contributed by atoms with van der Waals surface area (Å²) in [5.41, 5.74) is 4.06. The Kier molecular flexibility index (Phi) is 10.0. The minimum Gasteiger partial charge on any atom is -0.197 e. The Labute approximate surface area is 95.5 Å². The average molecular weight is 210 g/mol. The molecule has 1 aromatic rings. The topological polar surface area (TPSA) is 0 Å². The van der Waals surface area contributed by atoms with Crippen LogP contribution in [0.1, 0.15) is 38.8 Å². The lowest BCUT2D eigenvalue weighted by Gasteiger charge is -2.03. The molecule has 0 nitrogen and oxygen atoms in total. The molecule has 1 aromatic carbocycles. The highest BCUT2D eigenvalue weighted by Crippen LogP contribution is 2.16. The molecule has 1 heteroatoms. The summed E-state index contributed by atoms with van der Waals surface area (Å²) in [7, 11) is 0. The first-order valence-electron chi connectivity index (χ1n) is 4.94. The smallest absolute Gasteiger partial charge is 0.0201 e. The highest BCUT2D eigenvalue weighted by molar-refractivity contribution is 7.59. The van der Waals surface area contributed by atoms with Crippen LogP contribution in [0.4, 0.5) is 0 Å². The van der Waals surface area contributed by atoms with Gasteiger partial charge in [0.05, 0.1) is 0 Å². The number of aryl methyl sites for hydroxylation is 1. The van der Waals surface area contributed by atoms with Crippen LogP contribution in [-0.2, 0) is 0 Å². The fourth-order valence-electron chi connectivity index (χ4n) is 1.17. The van der Waals surface area contributed by atoms with Gasteiger partial charge in [0.25, 0.3) is 0 Å². The Bertz CT molecular complexity index is 274. The van der Waals surface area contributed by atoms with E-state index < -0.39 is 0 Å². The van der Waals surface area contributed by atoms with Crippen LogP contribution in [0.5, 0.6) is 0 Å². The van der Waals surface area contributed by atoms with Crippen LogP contribution in [0.3, 0.4) is 0 Å². The van der Waals surface area contributed by atoms with Crippen molar-refractivity contribution in [2.24, 2.45) is 0 Å². The van der Waals surface area contributed by atoms with Crippen molar-refractivity contribution >= 4 is 19.1 Å². The van der Waals surface area contributed by atoms with Crippen LogP contribution in [0.2, 0.25) is 0 Å². The molecule has 0 saturated carbocycles. The fraction of sp³-hybridized carbons (Fsp3) is 0.385. The van der Waals surface area contributed by atoms with Gasteiger partial charge in [-0.15, -0.1) is 0 Å². The molecule has 0 aliphatic carbocycles. The van der Waals surface area contributed by atoms with E-state index >= 15 is 0 Å². The second-order valence-electron chi connectivity index (χ2n) is 2.79. The van der Waals surface area contributed by atoms with E-state index in [0.717, 1.165) is 0 Å². The van der Waals surface area contributed by atoms with E-state index in [2.05, 4.69) is 51.1 Å². The second kappa shape index (κ2) is 8.89. The van der Waals surface area contributed by atoms with Gasteiger partial charge >= 0.3 is 0 Å². The summed E-state index contributed by atoms with van der Waals surface area (Å²) in [6.07, 6.45) is 2.14. The predicted octanol–water partition coefficient (Wildman–Crippen LogP) is 4.56. The second-order valence-corrected chi connectivity index (χ2v) is 2.79. The Morgan fingerprint density at radius 3 is 2.07 bits per heavy atom. The third-order valence-electron chi connectivity index (χ3n) is 2.00. The third kappa shape index (κ3) is 4.52. The maximum atomic E-state index is 2.16. The van der Waals surface area contributed by atoms with Gasteiger partial charge in [0.1, 0.15) is 0 Å². The zero-order valence-electron chi connectivity index (χ0n) is 9.89. The van der Waals surface area contributed by atoms with Crippen molar-refractivity contribution < 1.29 is 0 Å². The van der Waals surface area contributed by atoms with Gasteiger partial charge in [-0.1, -0.05) is 44.2 Å². The summed E-state index contributed by atoms with van der Waals surface area (Å²) in [6.45, 7) is 10.4. The Balaban J connectivity index is 0. The Morgan fingerprint density at radius 1 is 1.14 bits per heavy atom. The van der Waals surface area contributed by atoms with Crippen molar-refractivity contribution in [3.05, 3.63) is 41.5 Å². The van der Waals surface area contributed by atoms with Gasteiger partial charge in [0, 0.05) is 0 Å². The Hall–Kier alpha value is -0.690. The standard InChI is InChI=1S/C11H14.C2H6.H2S/c1-4-9(2)11-8-6-5-7-10(11)3;1-2;/h4-8H,1-3H3;1-2H3;1H2/b9-4-;;. The molecular formula is C13H22S. The van der Waals surface area contributed by atoms with Gasteiger partial charge in [0.2, 0.25) is 0 Å². The van der Waals surface area contributed by atoms with E-state index in [4.69, 9.17) is 0 Å². The number of rotatable bonds is 1. The first-order chi connectivity index (χ1) is 6.25. The van der Waals surface area contributed by atoms with Crippen molar-refractivity contribution in [2.45, 2.75) is 34.6 Å². The summed E-state index contributed by atoms with van der Waals surface area (Å²) in [4.78, 5) is 0. The molecule has 0 N–H and O–H groups in total. The van der Waals surface area contributed by atoms with E-state index in [-0.39, 0.29) is 13.5 Å². The van der Waals surface area contributed by atoms with E-state index in [1.54, 1.807) is 0 Å². The molecule has 0 aromatic heterocycles. The van der Waals surface area contributed by atoms with E-state index in [1.165, 1.54) is 16.7 Å². The molecule has 1 rings (SSSR count). The molecular weight excluding hydrogens is 188 g/mol. The minimum absolute atomic E-state index is 0. The highest BCUT2D eigenvalue weighted by atomic mass is 32.1. The molecule has 14 heavy (non-hydrogen) atoms. The first-order valence-corrected chi connectivity index (χ1v) is 4.94. The largest absolute Gasteiger partial charge is 0.197 e. The molecule has 0 aliphatic heterocycles. The van der Waals surface area contributed by atoms with Gasteiger partial charge in [-0.05, 0) is 37.5 Å². The molecule has 80 valence electrons. The lowest BCUT2D eigenvalue weighted by atomic mass is 10.0. The average Bonchev–Trinajstić information content (AvgIpc) is 2.20. The van der Waals surface area contributed by atoms with Crippen LogP contribution in [0.25, 0.3) is 5.57 Å². The molecule has 0 radical (unpaired) electrons. The number of hydrogen-bond acceptors (Lipinski definition) is 0. The molecule has 0 unspecified atom stereocenters. The van der Waals surface area contributed by atoms with Gasteiger partial charge in [-0.2, -0.15) is 13.5 Å². The number of benzene rings is 1. The maximum absolute atomic E-state index is 2.16. The summed E-state index contributed by atoms with van der Waals surface area (Å²) < 4.78 is 0. The number of allylic oxidation sites excluding steroid dienone is 2. The number of hydrogen-bond donors (Lipinski definition) is 0. The zero-order chi connectivity index (χ0) is 10.3. The van der Waals surface area contributed by atoms with Crippen molar-refractivity contribution in [2.75, 3.05) is 0 Å². The van der Waals surface area contributed by atoms with Crippen LogP contribution in [-0.4, -0.2) is 0 Å². The van der Waals surface area contributed by atoms with Crippen molar-refractivity contribution in [1.82, 2.24) is 0 Å². The fourth-order valence-corrected chi connectivity index (χ4v) is 1.17. The van der Waals surface area contributed by atoms with E-state index in [1.807, 2.05) is 13.8 Å². The van der Waals surface area contributed by atoms with Gasteiger partial charge in [-0.3, -0.25) is 0 Å². The maximum Gasteiger partial charge on any atom is -0.0201 e. The van der Waals surface area contributed by atoms with Crippen molar-refractivity contribution in [3.63, 3.8) is 0 Å². The molecule has 0 atom stereocenters. The zero-order valence-corrected chi connectivity index (χ0v) is 10.9. The van der Waals surface area contributed by atoms with Crippen LogP contribution >= 0.6 is 13.5 Å². The van der Waals surface area contributed by atoms with Gasteiger partial charge in [0.15, 0.2) is 0 Å². The quantitative estimate of drug-likeness (QED) is 0.637. The Morgan fingerprint density at radius 2 is 1.64 bits per heavy atom. The van der Waals surface area contributed by atoms with Crippen LogP contribution in [0, 0.1) is 6.92 Å². The highest BCUT2D eigenvalue weighted by Gasteiger charge is 1.95.